The molecule has 106 valence electrons. The molecule has 0 aromatic heterocycles. The van der Waals surface area contributed by atoms with Crippen molar-refractivity contribution in [2.75, 3.05) is 24.7 Å². The second-order valence-electron chi connectivity index (χ2n) is 4.06. The number of fused-ring (bicyclic) bond motifs is 1. The predicted molar refractivity (Wildman–Crippen MR) is 77.8 cm³/mol. The zero-order valence-corrected chi connectivity index (χ0v) is 12.6. The molecule has 0 atom stereocenters. The average Bonchev–Trinajstić information content (AvgIpc) is 2.41. The number of benzene rings is 1. The topological polar surface area (TPSA) is 55.8 Å². The van der Waals surface area contributed by atoms with Gasteiger partial charge in [-0.15, -0.1) is 0 Å². The highest BCUT2D eigenvalue weighted by Crippen LogP contribution is 2.34. The van der Waals surface area contributed by atoms with E-state index in [1.54, 1.807) is 24.0 Å². The molecule has 0 radical (unpaired) electrons. The summed E-state index contributed by atoms with van der Waals surface area (Å²) < 4.78 is 11.0. The molecule has 1 aliphatic rings. The fourth-order valence-electron chi connectivity index (χ4n) is 1.82. The van der Waals surface area contributed by atoms with Crippen LogP contribution in [0, 0.1) is 0 Å². The highest BCUT2D eigenvalue weighted by atomic mass is 79.9. The van der Waals surface area contributed by atoms with Gasteiger partial charge in [0.25, 0.3) is 5.91 Å². The van der Waals surface area contributed by atoms with Gasteiger partial charge >= 0.3 is 5.97 Å². The zero-order valence-electron chi connectivity index (χ0n) is 11.0. The molecule has 0 aliphatic carbocycles. The molecule has 1 aliphatic heterocycles. The minimum Gasteiger partial charge on any atom is -0.482 e. The molecule has 1 amide bonds. The van der Waals surface area contributed by atoms with Gasteiger partial charge in [-0.1, -0.05) is 22.0 Å². The van der Waals surface area contributed by atoms with Crippen LogP contribution < -0.4 is 9.64 Å². The van der Waals surface area contributed by atoms with Gasteiger partial charge in [-0.2, -0.15) is 0 Å². The van der Waals surface area contributed by atoms with E-state index in [1.807, 2.05) is 12.1 Å². The Bertz CT molecular complexity index is 556. The van der Waals surface area contributed by atoms with Gasteiger partial charge in [-0.3, -0.25) is 4.79 Å². The van der Waals surface area contributed by atoms with E-state index in [4.69, 9.17) is 9.47 Å². The lowest BCUT2D eigenvalue weighted by Gasteiger charge is -2.28. The van der Waals surface area contributed by atoms with E-state index in [0.717, 1.165) is 4.47 Å². The summed E-state index contributed by atoms with van der Waals surface area (Å²) in [5.41, 5.74) is 0.684. The number of amides is 1. The quantitative estimate of drug-likeness (QED) is 0.623. The van der Waals surface area contributed by atoms with Crippen LogP contribution in [0.2, 0.25) is 0 Å². The molecule has 1 aromatic carbocycles. The summed E-state index contributed by atoms with van der Waals surface area (Å²) in [6.07, 6.45) is 2.93. The van der Waals surface area contributed by atoms with Crippen LogP contribution in [0.15, 0.2) is 34.8 Å². The molecule has 1 heterocycles. The minimum absolute atomic E-state index is 0.00186. The average molecular weight is 340 g/mol. The monoisotopic (exact) mass is 339 g/mol. The number of halogens is 1. The zero-order chi connectivity index (χ0) is 14.5. The highest BCUT2D eigenvalue weighted by Gasteiger charge is 2.24. The number of anilines is 1. The van der Waals surface area contributed by atoms with Crippen molar-refractivity contribution >= 4 is 33.5 Å². The largest absolute Gasteiger partial charge is 0.482 e. The molecule has 0 bridgehead atoms. The number of carbonyl (C=O) groups excluding carboxylic acids is 2. The van der Waals surface area contributed by atoms with E-state index >= 15 is 0 Å². The molecule has 20 heavy (non-hydrogen) atoms. The minimum atomic E-state index is -0.414. The van der Waals surface area contributed by atoms with Crippen LogP contribution in [-0.2, 0) is 14.3 Å². The van der Waals surface area contributed by atoms with Gasteiger partial charge in [-0.25, -0.2) is 4.79 Å². The molecular weight excluding hydrogens is 326 g/mol. The van der Waals surface area contributed by atoms with Gasteiger partial charge < -0.3 is 14.4 Å². The Morgan fingerprint density at radius 1 is 1.55 bits per heavy atom. The first-order valence-electron chi connectivity index (χ1n) is 6.18. The molecule has 0 N–H and O–H groups in total. The van der Waals surface area contributed by atoms with E-state index in [0.29, 0.717) is 24.6 Å². The Balaban J connectivity index is 2.13. The number of ether oxygens (including phenoxy) is 2. The number of nitrogens with zero attached hydrogens (tertiary/aromatic N) is 1. The van der Waals surface area contributed by atoms with Gasteiger partial charge in [0.2, 0.25) is 0 Å². The lowest BCUT2D eigenvalue weighted by molar-refractivity contribution is -0.137. The maximum absolute atomic E-state index is 11.9. The Hall–Kier alpha value is -1.82. The second-order valence-corrected chi connectivity index (χ2v) is 4.98. The third kappa shape index (κ3) is 3.39. The van der Waals surface area contributed by atoms with Gasteiger partial charge in [-0.05, 0) is 25.1 Å². The molecular formula is C14H14BrNO4. The number of rotatable bonds is 4. The van der Waals surface area contributed by atoms with Crippen molar-refractivity contribution in [3.05, 3.63) is 34.8 Å². The Labute approximate surface area is 125 Å². The number of esters is 1. The van der Waals surface area contributed by atoms with Crippen molar-refractivity contribution in [1.29, 1.82) is 0 Å². The number of hydrogen-bond acceptors (Lipinski definition) is 4. The molecule has 0 saturated carbocycles. The van der Waals surface area contributed by atoms with Gasteiger partial charge in [0.05, 0.1) is 12.3 Å². The van der Waals surface area contributed by atoms with E-state index in [2.05, 4.69) is 15.9 Å². The van der Waals surface area contributed by atoms with Gasteiger partial charge in [0, 0.05) is 17.1 Å². The standard InChI is InChI=1S/C14H14BrNO4/c1-2-19-14(18)4-3-7-16-11-8-10(15)5-6-12(11)20-9-13(16)17/h3-6,8H,2,7,9H2,1H3/b4-3+. The van der Waals surface area contributed by atoms with Crippen LogP contribution >= 0.6 is 15.9 Å². The maximum atomic E-state index is 11.9. The summed E-state index contributed by atoms with van der Waals surface area (Å²) in [6.45, 7) is 2.37. The fourth-order valence-corrected chi connectivity index (χ4v) is 2.17. The van der Waals surface area contributed by atoms with E-state index < -0.39 is 5.97 Å². The second kappa shape index (κ2) is 6.56. The van der Waals surface area contributed by atoms with Crippen molar-refractivity contribution < 1.29 is 19.1 Å². The Kier molecular flexibility index (Phi) is 4.79. The van der Waals surface area contributed by atoms with Gasteiger partial charge in [0.1, 0.15) is 5.75 Å². The SMILES string of the molecule is CCOC(=O)/C=C/CN1C(=O)COc2ccc(Br)cc21. The summed E-state index contributed by atoms with van der Waals surface area (Å²) in [4.78, 5) is 24.7. The van der Waals surface area contributed by atoms with Crippen molar-refractivity contribution in [2.45, 2.75) is 6.92 Å². The first-order valence-corrected chi connectivity index (χ1v) is 6.97. The molecule has 0 spiro atoms. The first kappa shape index (κ1) is 14.6. The Morgan fingerprint density at radius 2 is 2.35 bits per heavy atom. The van der Waals surface area contributed by atoms with Crippen LogP contribution in [0.5, 0.6) is 5.75 Å². The molecule has 0 fully saturated rings. The Morgan fingerprint density at radius 3 is 3.10 bits per heavy atom. The summed E-state index contributed by atoms with van der Waals surface area (Å²) in [7, 11) is 0. The van der Waals surface area contributed by atoms with Gasteiger partial charge in [0.15, 0.2) is 6.61 Å². The van der Waals surface area contributed by atoms with E-state index in [9.17, 15) is 9.59 Å². The molecule has 6 heteroatoms. The van der Waals surface area contributed by atoms with Crippen LogP contribution in [0.3, 0.4) is 0 Å². The van der Waals surface area contributed by atoms with Crippen molar-refractivity contribution in [2.24, 2.45) is 0 Å². The van der Waals surface area contributed by atoms with E-state index in [-0.39, 0.29) is 12.5 Å². The molecule has 0 saturated heterocycles. The van der Waals surface area contributed by atoms with Crippen LogP contribution in [0.25, 0.3) is 0 Å². The summed E-state index contributed by atoms with van der Waals surface area (Å²) in [5.74, 6) is 0.0871. The lowest BCUT2D eigenvalue weighted by atomic mass is 10.2. The van der Waals surface area contributed by atoms with Crippen molar-refractivity contribution in [3.8, 4) is 5.75 Å². The van der Waals surface area contributed by atoms with Crippen LogP contribution in [0.4, 0.5) is 5.69 Å². The smallest absolute Gasteiger partial charge is 0.330 e. The van der Waals surface area contributed by atoms with Crippen LogP contribution in [0.1, 0.15) is 6.92 Å². The third-order valence-corrected chi connectivity index (χ3v) is 3.19. The number of carbonyl (C=O) groups is 2. The highest BCUT2D eigenvalue weighted by molar-refractivity contribution is 9.10. The van der Waals surface area contributed by atoms with E-state index in [1.165, 1.54) is 6.08 Å². The summed E-state index contributed by atoms with van der Waals surface area (Å²) in [5, 5.41) is 0. The maximum Gasteiger partial charge on any atom is 0.330 e. The molecule has 2 rings (SSSR count). The third-order valence-electron chi connectivity index (χ3n) is 2.69. The summed E-state index contributed by atoms with van der Waals surface area (Å²) >= 11 is 3.36. The first-order chi connectivity index (χ1) is 9.61. The normalized spacial score (nSPS) is 14.1. The van der Waals surface area contributed by atoms with Crippen molar-refractivity contribution in [1.82, 2.24) is 0 Å². The lowest BCUT2D eigenvalue weighted by Crippen LogP contribution is -2.38. The number of hydrogen-bond donors (Lipinski definition) is 0. The predicted octanol–water partition coefficient (Wildman–Crippen LogP) is 2.29. The molecule has 0 unspecified atom stereocenters. The summed E-state index contributed by atoms with van der Waals surface area (Å²) in [6, 6.07) is 5.46. The molecule has 1 aromatic rings. The van der Waals surface area contributed by atoms with Crippen molar-refractivity contribution in [3.63, 3.8) is 0 Å². The van der Waals surface area contributed by atoms with Crippen LogP contribution in [-0.4, -0.2) is 31.6 Å². The fraction of sp³-hybridized carbons (Fsp3) is 0.286. The molecule has 5 nitrogen and oxygen atoms in total.